The van der Waals surface area contributed by atoms with Crippen LogP contribution in [-0.4, -0.2) is 44.0 Å². The van der Waals surface area contributed by atoms with Crippen LogP contribution in [0.3, 0.4) is 0 Å². The van der Waals surface area contributed by atoms with E-state index >= 15 is 0 Å². The maximum absolute atomic E-state index is 13.3. The van der Waals surface area contributed by atoms with Crippen molar-refractivity contribution in [2.45, 2.75) is 19.4 Å². The van der Waals surface area contributed by atoms with Crippen LogP contribution in [0.5, 0.6) is 0 Å². The van der Waals surface area contributed by atoms with Gasteiger partial charge in [0.25, 0.3) is 0 Å². The molecule has 27 heavy (non-hydrogen) atoms. The molecule has 0 bridgehead atoms. The quantitative estimate of drug-likeness (QED) is 0.582. The zero-order chi connectivity index (χ0) is 19.6. The molecule has 0 aliphatic heterocycles. The van der Waals surface area contributed by atoms with E-state index < -0.39 is 0 Å². The number of rotatable bonds is 7. The Balaban J connectivity index is 2.00. The number of hydrogen-bond donors (Lipinski definition) is 2. The van der Waals surface area contributed by atoms with Crippen LogP contribution < -0.4 is 10.6 Å². The molecule has 6 heteroatoms. The van der Waals surface area contributed by atoms with Crippen molar-refractivity contribution in [1.29, 1.82) is 0 Å². The second kappa shape index (κ2) is 10.3. The lowest BCUT2D eigenvalue weighted by Crippen LogP contribution is -2.40. The monoisotopic (exact) mass is 370 g/mol. The number of carbonyl (C=O) groups excluding carboxylic acids is 1. The van der Waals surface area contributed by atoms with Gasteiger partial charge in [-0.2, -0.15) is 0 Å². The van der Waals surface area contributed by atoms with Crippen LogP contribution >= 0.6 is 0 Å². The molecule has 2 aromatic carbocycles. The summed E-state index contributed by atoms with van der Waals surface area (Å²) in [6, 6.07) is 16.6. The van der Waals surface area contributed by atoms with Crippen LogP contribution in [0, 0.1) is 5.82 Å². The summed E-state index contributed by atoms with van der Waals surface area (Å²) in [5, 5.41) is 6.55. The molecule has 1 amide bonds. The van der Waals surface area contributed by atoms with Crippen molar-refractivity contribution < 1.29 is 9.18 Å². The van der Waals surface area contributed by atoms with Gasteiger partial charge in [-0.15, -0.1) is 0 Å². The highest BCUT2D eigenvalue weighted by Gasteiger charge is 2.09. The summed E-state index contributed by atoms with van der Waals surface area (Å²) in [7, 11) is 3.41. The molecule has 0 radical (unpaired) electrons. The normalized spacial score (nSPS) is 12.4. The first kappa shape index (κ1) is 20.4. The molecule has 2 aromatic rings. The number of likely N-dealkylation sites (N-methyl/N-ethyl adjacent to an activating group) is 1. The second-order valence-corrected chi connectivity index (χ2v) is 6.54. The Labute approximate surface area is 160 Å². The molecule has 0 heterocycles. The van der Waals surface area contributed by atoms with Gasteiger partial charge in [0, 0.05) is 20.6 Å². The number of nitrogens with zero attached hydrogens (tertiary/aromatic N) is 2. The lowest BCUT2D eigenvalue weighted by molar-refractivity contribution is -0.127. The first-order valence-electron chi connectivity index (χ1n) is 9.00. The minimum atomic E-state index is -0.242. The first-order valence-corrected chi connectivity index (χ1v) is 9.00. The topological polar surface area (TPSA) is 56.7 Å². The van der Waals surface area contributed by atoms with Gasteiger partial charge in [-0.25, -0.2) is 9.38 Å². The number of benzene rings is 2. The molecular formula is C21H27FN4O. The van der Waals surface area contributed by atoms with E-state index in [0.29, 0.717) is 18.9 Å². The van der Waals surface area contributed by atoms with Crippen LogP contribution in [-0.2, 0) is 11.2 Å². The Kier molecular flexibility index (Phi) is 7.79. The summed E-state index contributed by atoms with van der Waals surface area (Å²) in [6.45, 7) is 2.67. The maximum atomic E-state index is 13.3. The molecular weight excluding hydrogens is 343 g/mol. The summed E-state index contributed by atoms with van der Waals surface area (Å²) in [6.07, 6.45) is 0.653. The Morgan fingerprint density at radius 1 is 1.15 bits per heavy atom. The smallest absolute Gasteiger partial charge is 0.243 e. The summed E-state index contributed by atoms with van der Waals surface area (Å²) in [5.41, 5.74) is 2.03. The molecule has 0 aliphatic carbocycles. The largest absolute Gasteiger partial charge is 0.356 e. The first-order chi connectivity index (χ1) is 13.0. The van der Waals surface area contributed by atoms with Gasteiger partial charge >= 0.3 is 0 Å². The van der Waals surface area contributed by atoms with Gasteiger partial charge in [0.15, 0.2) is 5.96 Å². The number of nitrogens with one attached hydrogen (secondary N) is 2. The number of aliphatic imine (C=N–C) groups is 1. The Morgan fingerprint density at radius 3 is 2.56 bits per heavy atom. The van der Waals surface area contributed by atoms with Gasteiger partial charge in [-0.1, -0.05) is 42.5 Å². The van der Waals surface area contributed by atoms with Crippen molar-refractivity contribution >= 4 is 11.9 Å². The lowest BCUT2D eigenvalue weighted by Gasteiger charge is -2.19. The summed E-state index contributed by atoms with van der Waals surface area (Å²) in [5.74, 6) is 0.236. The maximum Gasteiger partial charge on any atom is 0.243 e. The molecule has 0 saturated heterocycles. The molecule has 0 fully saturated rings. The molecule has 0 spiro atoms. The van der Waals surface area contributed by atoms with E-state index in [2.05, 4.69) is 15.6 Å². The van der Waals surface area contributed by atoms with Gasteiger partial charge in [-0.3, -0.25) is 4.79 Å². The van der Waals surface area contributed by atoms with Crippen LogP contribution in [0.4, 0.5) is 4.39 Å². The number of hydrogen-bond acceptors (Lipinski definition) is 2. The fraction of sp³-hybridized carbons (Fsp3) is 0.333. The van der Waals surface area contributed by atoms with E-state index in [1.54, 1.807) is 20.2 Å². The average Bonchev–Trinajstić information content (AvgIpc) is 2.66. The van der Waals surface area contributed by atoms with Crippen LogP contribution in [0.25, 0.3) is 0 Å². The van der Waals surface area contributed by atoms with Gasteiger partial charge in [-0.05, 0) is 36.6 Å². The zero-order valence-corrected chi connectivity index (χ0v) is 16.1. The highest BCUT2D eigenvalue weighted by atomic mass is 19.1. The fourth-order valence-corrected chi connectivity index (χ4v) is 2.49. The van der Waals surface area contributed by atoms with E-state index in [1.165, 1.54) is 17.0 Å². The Morgan fingerprint density at radius 2 is 1.89 bits per heavy atom. The Hall–Kier alpha value is -2.89. The van der Waals surface area contributed by atoms with Crippen molar-refractivity contribution in [3.63, 3.8) is 0 Å². The second-order valence-electron chi connectivity index (χ2n) is 6.54. The highest BCUT2D eigenvalue weighted by molar-refractivity contribution is 5.85. The number of amides is 1. The van der Waals surface area contributed by atoms with Gasteiger partial charge in [0.05, 0.1) is 6.04 Å². The van der Waals surface area contributed by atoms with Crippen LogP contribution in [0.2, 0.25) is 0 Å². The predicted octanol–water partition coefficient (Wildman–Crippen LogP) is 2.75. The minimum Gasteiger partial charge on any atom is -0.356 e. The van der Waals surface area contributed by atoms with Crippen molar-refractivity contribution in [3.8, 4) is 0 Å². The number of guanidine groups is 1. The molecule has 1 atom stereocenters. The van der Waals surface area contributed by atoms with Gasteiger partial charge in [0.2, 0.25) is 5.91 Å². The lowest BCUT2D eigenvalue weighted by atomic mass is 10.1. The average molecular weight is 370 g/mol. The number of carbonyl (C=O) groups is 1. The van der Waals surface area contributed by atoms with Crippen molar-refractivity contribution in [1.82, 2.24) is 15.5 Å². The minimum absolute atomic E-state index is 0.0288. The van der Waals surface area contributed by atoms with Crippen LogP contribution in [0.1, 0.15) is 24.1 Å². The molecule has 0 saturated carbocycles. The number of halogens is 1. The standard InChI is InChI=1S/C21H27FN4O/c1-16(18-9-5-4-6-10-18)25-21(24-15-20(27)26(2)3)23-13-12-17-8-7-11-19(22)14-17/h4-11,14,16H,12-13,15H2,1-3H3,(H2,23,24,25). The molecule has 2 N–H and O–H groups in total. The van der Waals surface area contributed by atoms with Crippen molar-refractivity contribution in [2.75, 3.05) is 27.2 Å². The fourth-order valence-electron chi connectivity index (χ4n) is 2.49. The van der Waals surface area contributed by atoms with Gasteiger partial charge in [0.1, 0.15) is 12.4 Å². The zero-order valence-electron chi connectivity index (χ0n) is 16.1. The third-order valence-electron chi connectivity index (χ3n) is 4.12. The van der Waals surface area contributed by atoms with E-state index in [0.717, 1.165) is 11.1 Å². The SMILES string of the molecule is CC(NC(=NCC(=O)N(C)C)NCCc1cccc(F)c1)c1ccccc1. The Bertz CT molecular complexity index is 762. The van der Waals surface area contributed by atoms with Crippen molar-refractivity contribution in [3.05, 3.63) is 71.5 Å². The van der Waals surface area contributed by atoms with E-state index in [1.807, 2.05) is 43.3 Å². The molecule has 0 aliphatic rings. The van der Waals surface area contributed by atoms with Crippen LogP contribution in [0.15, 0.2) is 59.6 Å². The van der Waals surface area contributed by atoms with E-state index in [9.17, 15) is 9.18 Å². The van der Waals surface area contributed by atoms with Crippen molar-refractivity contribution in [2.24, 2.45) is 4.99 Å². The third-order valence-corrected chi connectivity index (χ3v) is 4.12. The summed E-state index contributed by atoms with van der Waals surface area (Å²) < 4.78 is 13.3. The molecule has 5 nitrogen and oxygen atoms in total. The predicted molar refractivity (Wildman–Crippen MR) is 107 cm³/mol. The van der Waals surface area contributed by atoms with Gasteiger partial charge < -0.3 is 15.5 Å². The molecule has 144 valence electrons. The molecule has 0 aromatic heterocycles. The molecule has 1 unspecified atom stereocenters. The summed E-state index contributed by atoms with van der Waals surface area (Å²) in [4.78, 5) is 17.8. The molecule has 2 rings (SSSR count). The highest BCUT2D eigenvalue weighted by Crippen LogP contribution is 2.10. The van der Waals surface area contributed by atoms with E-state index in [4.69, 9.17) is 0 Å². The van der Waals surface area contributed by atoms with E-state index in [-0.39, 0.29) is 24.3 Å². The third kappa shape index (κ3) is 7.09. The summed E-state index contributed by atoms with van der Waals surface area (Å²) >= 11 is 0.